The molecule has 0 saturated carbocycles. The van der Waals surface area contributed by atoms with E-state index >= 15 is 0 Å². The van der Waals surface area contributed by atoms with Gasteiger partial charge in [0.25, 0.3) is 0 Å². The van der Waals surface area contributed by atoms with Gasteiger partial charge in [0.1, 0.15) is 11.1 Å². The number of nitriles is 1. The summed E-state index contributed by atoms with van der Waals surface area (Å²) in [7, 11) is 0. The van der Waals surface area contributed by atoms with Crippen LogP contribution in [-0.2, 0) is 9.53 Å². The SMILES string of the molecule is CCOC(=O)c1cc(C#N)c(SCC(=O)Nc2c(C)cccc2C)nc1C. The van der Waals surface area contributed by atoms with E-state index in [4.69, 9.17) is 4.74 Å². The third-order valence-electron chi connectivity index (χ3n) is 3.88. The number of esters is 1. The number of thioether (sulfide) groups is 1. The Balaban J connectivity index is 2.13. The Morgan fingerprint density at radius 3 is 2.52 bits per heavy atom. The molecule has 140 valence electrons. The number of carbonyl (C=O) groups excluding carboxylic acids is 2. The highest BCUT2D eigenvalue weighted by Gasteiger charge is 2.17. The number of para-hydroxylation sites is 1. The fourth-order valence-corrected chi connectivity index (χ4v) is 3.31. The van der Waals surface area contributed by atoms with E-state index in [1.807, 2.05) is 38.1 Å². The zero-order chi connectivity index (χ0) is 20.0. The Morgan fingerprint density at radius 1 is 1.26 bits per heavy atom. The summed E-state index contributed by atoms with van der Waals surface area (Å²) >= 11 is 1.16. The van der Waals surface area contributed by atoms with Gasteiger partial charge in [0.05, 0.1) is 29.2 Å². The van der Waals surface area contributed by atoms with E-state index < -0.39 is 5.97 Å². The number of aryl methyl sites for hydroxylation is 3. The number of aromatic nitrogens is 1. The quantitative estimate of drug-likeness (QED) is 0.603. The highest BCUT2D eigenvalue weighted by atomic mass is 32.2. The lowest BCUT2D eigenvalue weighted by Gasteiger charge is -2.12. The summed E-state index contributed by atoms with van der Waals surface area (Å²) in [6.45, 7) is 7.50. The molecule has 27 heavy (non-hydrogen) atoms. The summed E-state index contributed by atoms with van der Waals surface area (Å²) in [5.74, 6) is -0.591. The van der Waals surface area contributed by atoms with Crippen LogP contribution in [0.25, 0.3) is 0 Å². The molecule has 7 heteroatoms. The summed E-state index contributed by atoms with van der Waals surface area (Å²) in [6.07, 6.45) is 0. The smallest absolute Gasteiger partial charge is 0.340 e. The van der Waals surface area contributed by atoms with Gasteiger partial charge in [0, 0.05) is 5.69 Å². The molecule has 0 radical (unpaired) electrons. The number of amides is 1. The third-order valence-corrected chi connectivity index (χ3v) is 4.87. The van der Waals surface area contributed by atoms with E-state index in [2.05, 4.69) is 10.3 Å². The lowest BCUT2D eigenvalue weighted by Crippen LogP contribution is -2.16. The predicted molar refractivity (Wildman–Crippen MR) is 105 cm³/mol. The number of hydrogen-bond donors (Lipinski definition) is 1. The van der Waals surface area contributed by atoms with Crippen LogP contribution in [0.1, 0.15) is 39.7 Å². The van der Waals surface area contributed by atoms with Gasteiger partial charge < -0.3 is 10.1 Å². The average molecular weight is 383 g/mol. The monoisotopic (exact) mass is 383 g/mol. The Bertz CT molecular complexity index is 899. The molecule has 2 aromatic rings. The highest BCUT2D eigenvalue weighted by molar-refractivity contribution is 8.00. The molecule has 0 saturated heterocycles. The lowest BCUT2D eigenvalue weighted by molar-refractivity contribution is -0.113. The molecule has 2 rings (SSSR count). The number of hydrogen-bond acceptors (Lipinski definition) is 6. The summed E-state index contributed by atoms with van der Waals surface area (Å²) < 4.78 is 4.98. The van der Waals surface area contributed by atoms with Gasteiger partial charge >= 0.3 is 5.97 Å². The van der Waals surface area contributed by atoms with Crippen molar-refractivity contribution < 1.29 is 14.3 Å². The van der Waals surface area contributed by atoms with E-state index in [0.29, 0.717) is 10.7 Å². The predicted octanol–water partition coefficient (Wildman–Crippen LogP) is 3.79. The van der Waals surface area contributed by atoms with Crippen molar-refractivity contribution in [1.29, 1.82) is 5.26 Å². The lowest BCUT2D eigenvalue weighted by atomic mass is 10.1. The van der Waals surface area contributed by atoms with E-state index in [9.17, 15) is 14.9 Å². The second-order valence-electron chi connectivity index (χ2n) is 5.91. The zero-order valence-corrected chi connectivity index (χ0v) is 16.6. The second kappa shape index (κ2) is 9.19. The molecule has 1 amide bonds. The van der Waals surface area contributed by atoms with Gasteiger partial charge in [0.2, 0.25) is 5.91 Å². The molecule has 0 aliphatic carbocycles. The van der Waals surface area contributed by atoms with Crippen molar-refractivity contribution >= 4 is 29.3 Å². The number of nitrogens with one attached hydrogen (secondary N) is 1. The molecular formula is C20H21N3O3S. The molecule has 0 atom stereocenters. The van der Waals surface area contributed by atoms with Crippen LogP contribution in [0.3, 0.4) is 0 Å². The Morgan fingerprint density at radius 2 is 1.93 bits per heavy atom. The van der Waals surface area contributed by atoms with Crippen molar-refractivity contribution in [3.8, 4) is 6.07 Å². The summed E-state index contributed by atoms with van der Waals surface area (Å²) in [5.41, 5.74) is 3.74. The van der Waals surface area contributed by atoms with Gasteiger partial charge in [-0.2, -0.15) is 5.26 Å². The van der Waals surface area contributed by atoms with Crippen molar-refractivity contribution in [2.45, 2.75) is 32.7 Å². The summed E-state index contributed by atoms with van der Waals surface area (Å²) in [5, 5.41) is 12.7. The van der Waals surface area contributed by atoms with Crippen LogP contribution in [0.15, 0.2) is 29.3 Å². The molecule has 1 N–H and O–H groups in total. The number of benzene rings is 1. The minimum atomic E-state index is -0.511. The van der Waals surface area contributed by atoms with Crippen LogP contribution in [0.2, 0.25) is 0 Å². The summed E-state index contributed by atoms with van der Waals surface area (Å²) in [4.78, 5) is 28.6. The fourth-order valence-electron chi connectivity index (χ4n) is 2.51. The Kier molecular flexibility index (Phi) is 6.97. The zero-order valence-electron chi connectivity index (χ0n) is 15.8. The maximum Gasteiger partial charge on any atom is 0.340 e. The molecule has 0 bridgehead atoms. The van der Waals surface area contributed by atoms with E-state index in [0.717, 1.165) is 28.6 Å². The fraction of sp³-hybridized carbons (Fsp3) is 0.300. The van der Waals surface area contributed by atoms with E-state index in [1.54, 1.807) is 13.8 Å². The largest absolute Gasteiger partial charge is 0.462 e. The topological polar surface area (TPSA) is 92.1 Å². The maximum absolute atomic E-state index is 12.3. The first kappa shape index (κ1) is 20.5. The van der Waals surface area contributed by atoms with Gasteiger partial charge in [-0.15, -0.1) is 0 Å². The summed E-state index contributed by atoms with van der Waals surface area (Å²) in [6, 6.07) is 9.30. The first-order valence-electron chi connectivity index (χ1n) is 8.45. The third kappa shape index (κ3) is 5.08. The maximum atomic E-state index is 12.3. The van der Waals surface area contributed by atoms with Crippen molar-refractivity contribution in [3.63, 3.8) is 0 Å². The van der Waals surface area contributed by atoms with Gasteiger partial charge in [-0.1, -0.05) is 30.0 Å². The second-order valence-corrected chi connectivity index (χ2v) is 6.87. The standard InChI is InChI=1S/C20H21N3O3S/c1-5-26-20(25)16-9-15(10-21)19(22-14(16)4)27-11-17(24)23-18-12(2)7-6-8-13(18)3/h6-9H,5,11H2,1-4H3,(H,23,24). The molecule has 1 heterocycles. The Hall–Kier alpha value is -2.85. The number of anilines is 1. The molecule has 0 aliphatic rings. The molecular weight excluding hydrogens is 362 g/mol. The van der Waals surface area contributed by atoms with Crippen LogP contribution in [0.4, 0.5) is 5.69 Å². The molecule has 0 fully saturated rings. The molecule has 0 spiro atoms. The van der Waals surface area contributed by atoms with Gasteiger partial charge in [-0.3, -0.25) is 4.79 Å². The minimum Gasteiger partial charge on any atom is -0.462 e. The number of rotatable bonds is 6. The van der Waals surface area contributed by atoms with Crippen molar-refractivity contribution in [2.75, 3.05) is 17.7 Å². The van der Waals surface area contributed by atoms with Crippen molar-refractivity contribution in [2.24, 2.45) is 0 Å². The molecule has 1 aromatic carbocycles. The van der Waals surface area contributed by atoms with Crippen LogP contribution < -0.4 is 5.32 Å². The van der Waals surface area contributed by atoms with E-state index in [-0.39, 0.29) is 29.4 Å². The first-order valence-corrected chi connectivity index (χ1v) is 9.43. The number of ether oxygens (including phenoxy) is 1. The van der Waals surface area contributed by atoms with Crippen LogP contribution in [0, 0.1) is 32.1 Å². The highest BCUT2D eigenvalue weighted by Crippen LogP contribution is 2.24. The number of carbonyl (C=O) groups is 2. The van der Waals surface area contributed by atoms with Crippen LogP contribution in [0.5, 0.6) is 0 Å². The van der Waals surface area contributed by atoms with E-state index in [1.165, 1.54) is 6.07 Å². The number of pyridine rings is 1. The Labute approximate surface area is 162 Å². The first-order chi connectivity index (χ1) is 12.9. The molecule has 0 aliphatic heterocycles. The number of nitrogens with zero attached hydrogens (tertiary/aromatic N) is 2. The van der Waals surface area contributed by atoms with Gasteiger partial charge in [0.15, 0.2) is 0 Å². The molecule has 1 aromatic heterocycles. The van der Waals surface area contributed by atoms with Crippen LogP contribution >= 0.6 is 11.8 Å². The molecule has 0 unspecified atom stereocenters. The minimum absolute atomic E-state index is 0.105. The average Bonchev–Trinajstić information content (AvgIpc) is 2.63. The molecule has 6 nitrogen and oxygen atoms in total. The normalized spacial score (nSPS) is 10.2. The van der Waals surface area contributed by atoms with Crippen LogP contribution in [-0.4, -0.2) is 29.2 Å². The van der Waals surface area contributed by atoms with Gasteiger partial charge in [-0.25, -0.2) is 9.78 Å². The van der Waals surface area contributed by atoms with Crippen molar-refractivity contribution in [1.82, 2.24) is 4.98 Å². The van der Waals surface area contributed by atoms with Gasteiger partial charge in [-0.05, 0) is 44.9 Å². The van der Waals surface area contributed by atoms with Crippen molar-refractivity contribution in [3.05, 3.63) is 52.2 Å².